The lowest BCUT2D eigenvalue weighted by Crippen LogP contribution is -1.97. The van der Waals surface area contributed by atoms with E-state index in [0.29, 0.717) is 0 Å². The molecule has 0 unspecified atom stereocenters. The maximum absolute atomic E-state index is 5.10. The molecular formula is C44H30N2. The highest BCUT2D eigenvalue weighted by Crippen LogP contribution is 2.44. The number of rotatable bonds is 4. The average molecular weight is 587 g/mol. The van der Waals surface area contributed by atoms with E-state index in [1.54, 1.807) is 0 Å². The van der Waals surface area contributed by atoms with Gasteiger partial charge in [0, 0.05) is 11.3 Å². The Morgan fingerprint density at radius 3 is 1.85 bits per heavy atom. The summed E-state index contributed by atoms with van der Waals surface area (Å²) in [6, 6.07) is 59.1. The highest BCUT2D eigenvalue weighted by Gasteiger charge is 2.18. The molecule has 0 amide bonds. The fourth-order valence-corrected chi connectivity index (χ4v) is 7.10. The van der Waals surface area contributed by atoms with Crippen molar-refractivity contribution in [1.29, 1.82) is 0 Å². The Bertz CT molecular complexity index is 2570. The minimum atomic E-state index is 0.941. The van der Waals surface area contributed by atoms with Gasteiger partial charge in [0.15, 0.2) is 0 Å². The van der Waals surface area contributed by atoms with Crippen molar-refractivity contribution in [3.8, 4) is 39.3 Å². The zero-order valence-corrected chi connectivity index (χ0v) is 25.5. The zero-order chi connectivity index (χ0) is 30.6. The van der Waals surface area contributed by atoms with E-state index in [0.717, 1.165) is 28.1 Å². The maximum Gasteiger partial charge on any atom is 0.145 e. The highest BCUT2D eigenvalue weighted by molar-refractivity contribution is 6.21. The Labute approximate surface area is 267 Å². The smallest absolute Gasteiger partial charge is 0.145 e. The number of para-hydroxylation sites is 3. The number of benzene rings is 8. The second-order valence-electron chi connectivity index (χ2n) is 12.1. The predicted molar refractivity (Wildman–Crippen MR) is 195 cm³/mol. The van der Waals surface area contributed by atoms with Crippen LogP contribution >= 0.6 is 0 Å². The fraction of sp³-hybridized carbons (Fsp3) is 0.0227. The molecule has 0 bridgehead atoms. The summed E-state index contributed by atoms with van der Waals surface area (Å²) in [6.07, 6.45) is 0. The van der Waals surface area contributed by atoms with Gasteiger partial charge in [0.25, 0.3) is 0 Å². The standard InChI is InChI=1S/C44H30N2/c1-29-19-26-38-39(27-29)43(34-25-20-30-11-5-6-12-33(30)28-34)37-16-8-7-15-36(37)42(38)31-21-23-32(24-22-31)44-45-40-17-9-10-18-41(40)46(44)35-13-3-2-4-14-35/h2-28H,1H3. The summed E-state index contributed by atoms with van der Waals surface area (Å²) >= 11 is 0. The van der Waals surface area contributed by atoms with Crippen molar-refractivity contribution in [2.24, 2.45) is 0 Å². The van der Waals surface area contributed by atoms with Gasteiger partial charge in [-0.05, 0) is 91.8 Å². The van der Waals surface area contributed by atoms with Crippen LogP contribution < -0.4 is 0 Å². The van der Waals surface area contributed by atoms with E-state index in [1.165, 1.54) is 60.1 Å². The van der Waals surface area contributed by atoms with Gasteiger partial charge in [-0.1, -0.05) is 139 Å². The van der Waals surface area contributed by atoms with Gasteiger partial charge in [-0.2, -0.15) is 0 Å². The summed E-state index contributed by atoms with van der Waals surface area (Å²) in [6.45, 7) is 2.19. The molecule has 2 heteroatoms. The Morgan fingerprint density at radius 1 is 0.435 bits per heavy atom. The minimum absolute atomic E-state index is 0.941. The molecule has 1 aromatic heterocycles. The zero-order valence-electron chi connectivity index (χ0n) is 25.5. The van der Waals surface area contributed by atoms with Crippen LogP contribution in [0.4, 0.5) is 0 Å². The van der Waals surface area contributed by atoms with Gasteiger partial charge in [0.1, 0.15) is 5.82 Å². The predicted octanol–water partition coefficient (Wildman–Crippen LogP) is 11.8. The van der Waals surface area contributed by atoms with Gasteiger partial charge in [0.2, 0.25) is 0 Å². The summed E-state index contributed by atoms with van der Waals surface area (Å²) < 4.78 is 2.26. The van der Waals surface area contributed by atoms with E-state index in [-0.39, 0.29) is 0 Å². The number of imidazole rings is 1. The number of hydrogen-bond acceptors (Lipinski definition) is 1. The molecule has 46 heavy (non-hydrogen) atoms. The lowest BCUT2D eigenvalue weighted by atomic mass is 9.85. The quantitative estimate of drug-likeness (QED) is 0.188. The largest absolute Gasteiger partial charge is 0.292 e. The summed E-state index contributed by atoms with van der Waals surface area (Å²) in [4.78, 5) is 5.10. The third kappa shape index (κ3) is 4.22. The first-order valence-electron chi connectivity index (χ1n) is 15.8. The number of aromatic nitrogens is 2. The van der Waals surface area contributed by atoms with Crippen LogP contribution in [0.2, 0.25) is 0 Å². The SMILES string of the molecule is Cc1ccc2c(-c3ccc(-c4nc5ccccc5n4-c4ccccc4)cc3)c3ccccc3c(-c3ccc4ccccc4c3)c2c1. The second-order valence-corrected chi connectivity index (χ2v) is 12.1. The third-order valence-corrected chi connectivity index (χ3v) is 9.22. The highest BCUT2D eigenvalue weighted by atomic mass is 15.1. The molecular weight excluding hydrogens is 556 g/mol. The van der Waals surface area contributed by atoms with Crippen LogP contribution in [0.5, 0.6) is 0 Å². The molecule has 8 aromatic carbocycles. The Kier molecular flexibility index (Phi) is 6.07. The number of aryl methyl sites for hydroxylation is 1. The van der Waals surface area contributed by atoms with Crippen molar-refractivity contribution in [1.82, 2.24) is 9.55 Å². The first kappa shape index (κ1) is 26.4. The van der Waals surface area contributed by atoms with Crippen molar-refractivity contribution in [3.63, 3.8) is 0 Å². The Balaban J connectivity index is 1.26. The molecule has 0 spiro atoms. The minimum Gasteiger partial charge on any atom is -0.292 e. The Morgan fingerprint density at radius 2 is 1.04 bits per heavy atom. The van der Waals surface area contributed by atoms with Crippen molar-refractivity contribution in [3.05, 3.63) is 169 Å². The van der Waals surface area contributed by atoms with Crippen LogP contribution in [0.15, 0.2) is 164 Å². The molecule has 0 aliphatic heterocycles. The molecule has 0 N–H and O–H groups in total. The fourth-order valence-electron chi connectivity index (χ4n) is 7.10. The molecule has 0 fully saturated rings. The number of hydrogen-bond donors (Lipinski definition) is 0. The second kappa shape index (κ2) is 10.6. The molecule has 0 atom stereocenters. The summed E-state index contributed by atoms with van der Waals surface area (Å²) in [7, 11) is 0. The number of fused-ring (bicyclic) bond motifs is 4. The van der Waals surface area contributed by atoms with E-state index >= 15 is 0 Å². The van der Waals surface area contributed by atoms with Crippen LogP contribution in [0.25, 0.3) is 82.7 Å². The van der Waals surface area contributed by atoms with Crippen molar-refractivity contribution >= 4 is 43.4 Å². The summed E-state index contributed by atoms with van der Waals surface area (Å²) in [5.41, 5.74) is 10.5. The van der Waals surface area contributed by atoms with Crippen molar-refractivity contribution < 1.29 is 0 Å². The molecule has 9 aromatic rings. The van der Waals surface area contributed by atoms with Crippen LogP contribution in [-0.2, 0) is 0 Å². The Hall–Kier alpha value is -5.99. The van der Waals surface area contributed by atoms with Crippen molar-refractivity contribution in [2.75, 3.05) is 0 Å². The third-order valence-electron chi connectivity index (χ3n) is 9.22. The van der Waals surface area contributed by atoms with Crippen LogP contribution in [0.3, 0.4) is 0 Å². The molecule has 9 rings (SSSR count). The van der Waals surface area contributed by atoms with Gasteiger partial charge in [-0.15, -0.1) is 0 Å². The van der Waals surface area contributed by atoms with E-state index < -0.39 is 0 Å². The molecule has 0 saturated heterocycles. The summed E-state index contributed by atoms with van der Waals surface area (Å²) in [5.74, 6) is 0.941. The first-order chi connectivity index (χ1) is 22.7. The molecule has 0 radical (unpaired) electrons. The first-order valence-corrected chi connectivity index (χ1v) is 15.8. The molecule has 2 nitrogen and oxygen atoms in total. The van der Waals surface area contributed by atoms with E-state index in [9.17, 15) is 0 Å². The maximum atomic E-state index is 5.10. The van der Waals surface area contributed by atoms with Crippen LogP contribution in [-0.4, -0.2) is 9.55 Å². The molecule has 0 saturated carbocycles. The monoisotopic (exact) mass is 586 g/mol. The van der Waals surface area contributed by atoms with E-state index in [1.807, 2.05) is 0 Å². The van der Waals surface area contributed by atoms with Gasteiger partial charge in [0.05, 0.1) is 11.0 Å². The van der Waals surface area contributed by atoms with Gasteiger partial charge < -0.3 is 0 Å². The van der Waals surface area contributed by atoms with Gasteiger partial charge >= 0.3 is 0 Å². The lowest BCUT2D eigenvalue weighted by molar-refractivity contribution is 1.10. The topological polar surface area (TPSA) is 17.8 Å². The van der Waals surface area contributed by atoms with Crippen molar-refractivity contribution in [2.45, 2.75) is 6.92 Å². The average Bonchev–Trinajstić information content (AvgIpc) is 3.50. The normalized spacial score (nSPS) is 11.6. The molecule has 1 heterocycles. The van der Waals surface area contributed by atoms with E-state index in [2.05, 4.69) is 175 Å². The molecule has 0 aliphatic rings. The lowest BCUT2D eigenvalue weighted by Gasteiger charge is -2.19. The van der Waals surface area contributed by atoms with Crippen LogP contribution in [0.1, 0.15) is 5.56 Å². The van der Waals surface area contributed by atoms with Gasteiger partial charge in [-0.25, -0.2) is 4.98 Å². The van der Waals surface area contributed by atoms with E-state index in [4.69, 9.17) is 4.98 Å². The number of nitrogens with zero attached hydrogens (tertiary/aromatic N) is 2. The van der Waals surface area contributed by atoms with Crippen LogP contribution in [0, 0.1) is 6.92 Å². The molecule has 0 aliphatic carbocycles. The molecule has 216 valence electrons. The van der Waals surface area contributed by atoms with Gasteiger partial charge in [-0.3, -0.25) is 4.57 Å². The summed E-state index contributed by atoms with van der Waals surface area (Å²) in [5, 5.41) is 7.57.